The second-order valence-electron chi connectivity index (χ2n) is 17.8. The summed E-state index contributed by atoms with van der Waals surface area (Å²) in [6.07, 6.45) is 28.8. The van der Waals surface area contributed by atoms with Crippen molar-refractivity contribution in [3.8, 4) is 0 Å². The van der Waals surface area contributed by atoms with Crippen LogP contribution in [0, 0.1) is 0 Å². The van der Waals surface area contributed by atoms with Gasteiger partial charge in [0.15, 0.2) is 0 Å². The third kappa shape index (κ3) is 76.5. The average Bonchev–Trinajstić information content (AvgIpc) is 3.34. The number of hydrogen-bond acceptors (Lipinski definition) is 12. The molecule has 0 rings (SSSR count). The van der Waals surface area contributed by atoms with Crippen molar-refractivity contribution in [2.24, 2.45) is 0 Å². The quantitative estimate of drug-likeness (QED) is 0.0337. The van der Waals surface area contributed by atoms with Crippen LogP contribution in [0.4, 0.5) is 0 Å². The minimum atomic E-state index is 0. The summed E-state index contributed by atoms with van der Waals surface area (Å²) in [6, 6.07) is 0. The average molecular weight is 1420 g/mol. The van der Waals surface area contributed by atoms with Gasteiger partial charge in [-0.05, 0) is 77.0 Å². The minimum absolute atomic E-state index is 0. The predicted octanol–water partition coefficient (Wildman–Crippen LogP) is 16.3. The van der Waals surface area contributed by atoms with E-state index >= 15 is 0 Å². The molecule has 21 heteroatoms. The van der Waals surface area contributed by atoms with Crippen molar-refractivity contribution in [2.75, 3.05) is 78.5 Å². The number of nitrogens with zero attached hydrogens (tertiary/aromatic N) is 6. The van der Waals surface area contributed by atoms with Crippen molar-refractivity contribution < 1.29 is 58.4 Å². The number of rotatable bonds is 36. The van der Waals surface area contributed by atoms with Gasteiger partial charge >= 0.3 is 58.4 Å². The molecule has 0 radical (unpaired) electrons. The second-order valence-corrected chi connectivity index (χ2v) is 24.0. The fraction of sp³-hybridized carbons (Fsp3) is 0.889. The van der Waals surface area contributed by atoms with Gasteiger partial charge in [0.25, 0.3) is 0 Å². The summed E-state index contributed by atoms with van der Waals surface area (Å²) in [4.78, 5) is 12.8. The summed E-state index contributed by atoms with van der Waals surface area (Å²) >= 11 is 59.8. The Bertz CT molecular complexity index is 957. The molecular weight excluding hydrogens is 1310 g/mol. The van der Waals surface area contributed by atoms with Crippen molar-refractivity contribution in [1.29, 1.82) is 0 Å². The van der Waals surface area contributed by atoms with E-state index in [4.69, 9.17) is 149 Å². The van der Waals surface area contributed by atoms with E-state index in [-0.39, 0.29) is 58.4 Å². The van der Waals surface area contributed by atoms with Crippen LogP contribution >= 0.6 is 73.3 Å². The topological polar surface area (TPSA) is 19.4 Å². The molecule has 0 N–H and O–H groups in total. The van der Waals surface area contributed by atoms with Gasteiger partial charge in [-0.15, -0.1) is 0 Å². The molecule has 0 saturated heterocycles. The fourth-order valence-corrected chi connectivity index (χ4v) is 8.14. The molecule has 0 aromatic heterocycles. The number of unbranched alkanes of at least 4 members (excludes halogenated alkanes) is 12. The van der Waals surface area contributed by atoms with E-state index in [0.29, 0.717) is 25.9 Å². The molecule has 0 bridgehead atoms. The zero-order chi connectivity index (χ0) is 56.4. The standard InChI is InChI=1S/6C9H19NS2.3Zn/c6*1-3-5-7-10(9(11)12)8-6-4-2;;;/h6*3-8H2,1-2H3,(H,11,12);;;/q;;;;;;3*+2/p-6. The zero-order valence-electron chi connectivity index (χ0n) is 50.2. The summed E-state index contributed by atoms with van der Waals surface area (Å²) in [5, 5.41) is 0. The minimum Gasteiger partial charge on any atom is -0.411 e. The van der Waals surface area contributed by atoms with Gasteiger partial charge in [0, 0.05) is 78.5 Å². The molecule has 0 amide bonds. The van der Waals surface area contributed by atoms with Gasteiger partial charge in [-0.25, -0.2) is 0 Å². The molecule has 0 atom stereocenters. The summed E-state index contributed by atoms with van der Waals surface area (Å²) < 4.78 is 3.82. The largest absolute Gasteiger partial charge is 2.00 e. The fourth-order valence-electron chi connectivity index (χ4n) is 5.95. The van der Waals surface area contributed by atoms with Crippen molar-refractivity contribution in [3.05, 3.63) is 0 Å². The Morgan fingerprint density at radius 3 is 0.307 bits per heavy atom. The molecule has 6 nitrogen and oxygen atoms in total. The first-order valence-electron chi connectivity index (χ1n) is 28.1. The van der Waals surface area contributed by atoms with E-state index in [9.17, 15) is 0 Å². The van der Waals surface area contributed by atoms with Gasteiger partial charge in [0.2, 0.25) is 0 Å². The third-order valence-electron chi connectivity index (χ3n) is 10.9. The Kier molecular flexibility index (Phi) is 101. The first-order valence-corrected chi connectivity index (χ1v) is 33.0. The van der Waals surface area contributed by atoms with Crippen LogP contribution in [0.2, 0.25) is 0 Å². The SMILES string of the molecule is CCCCN(CCCC)C(=S)[S-].CCCCN(CCCC)C(=S)[S-].CCCCN(CCCC)C(=S)[S-].CCCCN(CCCC)C(=S)[S-].CCCCN(CCCC)C(=S)[S-].CCCCN(CCCC)C(=S)[S-].[Zn+2].[Zn+2].[Zn+2]. The molecule has 0 aliphatic rings. The molecule has 75 heavy (non-hydrogen) atoms. The van der Waals surface area contributed by atoms with Crippen LogP contribution in [0.25, 0.3) is 0 Å². The number of thiocarbonyl (C=S) groups is 6. The van der Waals surface area contributed by atoms with Gasteiger partial charge in [0.1, 0.15) is 0 Å². The van der Waals surface area contributed by atoms with Crippen LogP contribution in [0.3, 0.4) is 0 Å². The Morgan fingerprint density at radius 2 is 0.267 bits per heavy atom. The maximum absolute atomic E-state index is 4.98. The van der Waals surface area contributed by atoms with Gasteiger partial charge in [-0.3, -0.25) is 0 Å². The van der Waals surface area contributed by atoms with E-state index in [1.54, 1.807) is 0 Å². The molecule has 0 heterocycles. The normalized spacial score (nSPS) is 9.44. The van der Waals surface area contributed by atoms with Gasteiger partial charge in [-0.2, -0.15) is 0 Å². The molecule has 0 aromatic carbocycles. The van der Waals surface area contributed by atoms with E-state index in [2.05, 4.69) is 112 Å². The van der Waals surface area contributed by atoms with E-state index in [1.807, 2.05) is 0 Å². The molecule has 0 aromatic rings. The van der Waals surface area contributed by atoms with Crippen LogP contribution in [-0.4, -0.2) is 134 Å². The Labute approximate surface area is 571 Å². The predicted molar refractivity (Wildman–Crippen MR) is 368 cm³/mol. The second kappa shape index (κ2) is 78.6. The van der Waals surface area contributed by atoms with Crippen molar-refractivity contribution >= 4 is 175 Å². The van der Waals surface area contributed by atoms with E-state index < -0.39 is 0 Å². The molecule has 0 fully saturated rings. The summed E-state index contributed by atoms with van der Waals surface area (Å²) in [5.74, 6) is 0. The van der Waals surface area contributed by atoms with Crippen LogP contribution in [-0.2, 0) is 134 Å². The first kappa shape index (κ1) is 96.7. The van der Waals surface area contributed by atoms with Crippen LogP contribution in [0.5, 0.6) is 0 Å². The Balaban J connectivity index is -0.0000000988. The zero-order valence-corrected chi connectivity index (χ0v) is 68.9. The smallest absolute Gasteiger partial charge is 0.411 e. The molecule has 0 unspecified atom stereocenters. The molecule has 0 spiro atoms. The van der Waals surface area contributed by atoms with Crippen LogP contribution in [0.15, 0.2) is 0 Å². The summed E-state index contributed by atoms with van der Waals surface area (Å²) in [7, 11) is 0. The van der Waals surface area contributed by atoms with Gasteiger partial charge < -0.3 is 178 Å². The number of hydrogen-bond donors (Lipinski definition) is 0. The van der Waals surface area contributed by atoms with Crippen molar-refractivity contribution in [1.82, 2.24) is 29.4 Å². The maximum atomic E-state index is 4.98. The molecular formula is C54H108N6S12Zn3. The first-order chi connectivity index (χ1) is 34.3. The molecule has 0 aliphatic heterocycles. The molecule has 432 valence electrons. The monoisotopic (exact) mass is 1420 g/mol. The Hall–Kier alpha value is 2.53. The van der Waals surface area contributed by atoms with Crippen LogP contribution in [0.1, 0.15) is 237 Å². The van der Waals surface area contributed by atoms with Gasteiger partial charge in [0.05, 0.1) is 0 Å². The van der Waals surface area contributed by atoms with Crippen molar-refractivity contribution in [3.63, 3.8) is 0 Å². The molecule has 0 aliphatic carbocycles. The van der Waals surface area contributed by atoms with Crippen molar-refractivity contribution in [2.45, 2.75) is 237 Å². The van der Waals surface area contributed by atoms with E-state index in [0.717, 1.165) is 78.5 Å². The van der Waals surface area contributed by atoms with E-state index in [1.165, 1.54) is 154 Å². The summed E-state index contributed by atoms with van der Waals surface area (Å²) in [6.45, 7) is 38.7. The van der Waals surface area contributed by atoms with Crippen LogP contribution < -0.4 is 0 Å². The van der Waals surface area contributed by atoms with Gasteiger partial charge in [-0.1, -0.05) is 186 Å². The maximum Gasteiger partial charge on any atom is 2.00 e. The summed E-state index contributed by atoms with van der Waals surface area (Å²) in [5.41, 5.74) is 0. The Morgan fingerprint density at radius 1 is 0.200 bits per heavy atom. The molecule has 0 saturated carbocycles. The third-order valence-corrected chi connectivity index (χ3v) is 14.0.